The van der Waals surface area contributed by atoms with E-state index in [0.717, 1.165) is 30.5 Å². The first kappa shape index (κ1) is 15.7. The van der Waals surface area contributed by atoms with Crippen molar-refractivity contribution in [3.05, 3.63) is 53.6 Å². The number of ether oxygens (including phenoxy) is 2. The van der Waals surface area contributed by atoms with Gasteiger partial charge in [0.2, 0.25) is 0 Å². The predicted octanol–water partition coefficient (Wildman–Crippen LogP) is 3.55. The lowest BCUT2D eigenvalue weighted by Crippen LogP contribution is -2.38. The van der Waals surface area contributed by atoms with Crippen LogP contribution in [0.1, 0.15) is 18.4 Å². The monoisotopic (exact) mass is 346 g/mol. The summed E-state index contributed by atoms with van der Waals surface area (Å²) in [6.07, 6.45) is 1.54. The summed E-state index contributed by atoms with van der Waals surface area (Å²) < 4.78 is 37.7. The van der Waals surface area contributed by atoms with Crippen LogP contribution in [0.2, 0.25) is 0 Å². The van der Waals surface area contributed by atoms with Gasteiger partial charge >= 0.3 is 6.03 Å². The Morgan fingerprint density at radius 1 is 1.00 bits per heavy atom. The molecule has 2 aromatic rings. The molecule has 1 aliphatic carbocycles. The molecular formula is C18H16F2N2O3. The highest BCUT2D eigenvalue weighted by Crippen LogP contribution is 2.47. The molecule has 2 N–H and O–H groups in total. The molecule has 2 aliphatic rings. The molecule has 2 amide bonds. The van der Waals surface area contributed by atoms with Crippen LogP contribution in [0.25, 0.3) is 0 Å². The third-order valence-corrected chi connectivity index (χ3v) is 4.38. The number of urea groups is 1. The minimum Gasteiger partial charge on any atom is -0.486 e. The summed E-state index contributed by atoms with van der Waals surface area (Å²) in [5, 5.41) is 5.29. The molecule has 1 aliphatic heterocycles. The highest BCUT2D eigenvalue weighted by atomic mass is 19.1. The molecule has 0 bridgehead atoms. The Kier molecular flexibility index (Phi) is 3.71. The number of anilines is 1. The molecule has 4 rings (SSSR count). The second kappa shape index (κ2) is 5.91. The number of carbonyl (C=O) groups excluding carboxylic acids is 1. The lowest BCUT2D eigenvalue weighted by Gasteiger charge is -2.23. The molecule has 0 unspecified atom stereocenters. The third kappa shape index (κ3) is 3.09. The zero-order chi connectivity index (χ0) is 17.4. The van der Waals surface area contributed by atoms with Crippen molar-refractivity contribution >= 4 is 11.7 Å². The van der Waals surface area contributed by atoms with Crippen LogP contribution in [-0.4, -0.2) is 19.2 Å². The van der Waals surface area contributed by atoms with E-state index in [1.165, 1.54) is 6.07 Å². The van der Waals surface area contributed by atoms with E-state index >= 15 is 0 Å². The maximum atomic E-state index is 13.7. The maximum absolute atomic E-state index is 13.7. The van der Waals surface area contributed by atoms with Gasteiger partial charge in [-0.05, 0) is 42.7 Å². The minimum absolute atomic E-state index is 0.0723. The van der Waals surface area contributed by atoms with Gasteiger partial charge in [-0.15, -0.1) is 0 Å². The van der Waals surface area contributed by atoms with Gasteiger partial charge in [-0.1, -0.05) is 6.07 Å². The normalized spacial score (nSPS) is 16.9. The number of carbonyl (C=O) groups is 1. The highest BCUT2D eigenvalue weighted by molar-refractivity contribution is 5.90. The molecule has 25 heavy (non-hydrogen) atoms. The van der Waals surface area contributed by atoms with Crippen molar-refractivity contribution in [3.8, 4) is 11.5 Å². The van der Waals surface area contributed by atoms with Crippen molar-refractivity contribution in [2.45, 2.75) is 18.4 Å². The fourth-order valence-corrected chi connectivity index (χ4v) is 2.91. The summed E-state index contributed by atoms with van der Waals surface area (Å²) in [5.41, 5.74) is 0.333. The number of hydrogen-bond acceptors (Lipinski definition) is 3. The van der Waals surface area contributed by atoms with Gasteiger partial charge in [0.25, 0.3) is 0 Å². The molecule has 1 heterocycles. The Morgan fingerprint density at radius 2 is 1.76 bits per heavy atom. The summed E-state index contributed by atoms with van der Waals surface area (Å²) in [5.74, 6) is -0.178. The summed E-state index contributed by atoms with van der Waals surface area (Å²) in [6.45, 7) is 1.00. The van der Waals surface area contributed by atoms with E-state index in [1.54, 1.807) is 0 Å². The highest BCUT2D eigenvalue weighted by Gasteiger charge is 2.46. The molecule has 0 spiro atoms. The SMILES string of the molecule is O=C(Nc1ccc(F)cc1F)NC1(c2ccc3c(c2)OCCO3)CC1. The molecule has 1 fully saturated rings. The second-order valence-corrected chi connectivity index (χ2v) is 6.14. The van der Waals surface area contributed by atoms with Gasteiger partial charge in [-0.25, -0.2) is 13.6 Å². The van der Waals surface area contributed by atoms with E-state index in [0.29, 0.717) is 24.7 Å². The number of hydrogen-bond donors (Lipinski definition) is 2. The van der Waals surface area contributed by atoms with Crippen LogP contribution < -0.4 is 20.1 Å². The van der Waals surface area contributed by atoms with Gasteiger partial charge < -0.3 is 20.1 Å². The van der Waals surface area contributed by atoms with Crippen molar-refractivity contribution < 1.29 is 23.0 Å². The number of halogens is 2. The lowest BCUT2D eigenvalue weighted by atomic mass is 10.0. The van der Waals surface area contributed by atoms with Gasteiger partial charge in [0.15, 0.2) is 11.5 Å². The zero-order valence-electron chi connectivity index (χ0n) is 13.3. The minimum atomic E-state index is -0.820. The lowest BCUT2D eigenvalue weighted by molar-refractivity contribution is 0.171. The molecule has 0 aromatic heterocycles. The maximum Gasteiger partial charge on any atom is 0.320 e. The van der Waals surface area contributed by atoms with Crippen molar-refractivity contribution in [1.29, 1.82) is 0 Å². The average molecular weight is 346 g/mol. The molecule has 1 saturated carbocycles. The Bertz CT molecular complexity index is 837. The van der Waals surface area contributed by atoms with Crippen LogP contribution in [0, 0.1) is 11.6 Å². The van der Waals surface area contributed by atoms with Crippen LogP contribution in [0.15, 0.2) is 36.4 Å². The Morgan fingerprint density at radius 3 is 2.48 bits per heavy atom. The van der Waals surface area contributed by atoms with Crippen LogP contribution in [0.4, 0.5) is 19.3 Å². The first-order valence-electron chi connectivity index (χ1n) is 8.00. The van der Waals surface area contributed by atoms with Gasteiger partial charge in [-0.3, -0.25) is 0 Å². The zero-order valence-corrected chi connectivity index (χ0v) is 13.3. The number of amides is 2. The smallest absolute Gasteiger partial charge is 0.320 e. The fraction of sp³-hybridized carbons (Fsp3) is 0.278. The Hall–Kier alpha value is -2.83. The summed E-state index contributed by atoms with van der Waals surface area (Å²) in [4.78, 5) is 12.2. The van der Waals surface area contributed by atoms with Crippen molar-refractivity contribution in [1.82, 2.24) is 5.32 Å². The molecule has 0 saturated heterocycles. The van der Waals surface area contributed by atoms with E-state index in [-0.39, 0.29) is 5.69 Å². The van der Waals surface area contributed by atoms with Gasteiger partial charge in [0.05, 0.1) is 11.2 Å². The van der Waals surface area contributed by atoms with E-state index in [9.17, 15) is 13.6 Å². The molecule has 5 nitrogen and oxygen atoms in total. The molecule has 0 radical (unpaired) electrons. The topological polar surface area (TPSA) is 59.6 Å². The summed E-state index contributed by atoms with van der Waals surface area (Å²) in [6, 6.07) is 8.03. The van der Waals surface area contributed by atoms with Crippen LogP contribution in [0.3, 0.4) is 0 Å². The first-order valence-corrected chi connectivity index (χ1v) is 8.00. The molecule has 2 aromatic carbocycles. The number of fused-ring (bicyclic) bond motifs is 1. The van der Waals surface area contributed by atoms with Gasteiger partial charge in [-0.2, -0.15) is 0 Å². The van der Waals surface area contributed by atoms with Gasteiger partial charge in [0.1, 0.15) is 24.8 Å². The number of rotatable bonds is 3. The van der Waals surface area contributed by atoms with Gasteiger partial charge in [0, 0.05) is 6.07 Å². The van der Waals surface area contributed by atoms with Crippen molar-refractivity contribution in [2.75, 3.05) is 18.5 Å². The first-order chi connectivity index (χ1) is 12.1. The second-order valence-electron chi connectivity index (χ2n) is 6.14. The number of benzene rings is 2. The molecular weight excluding hydrogens is 330 g/mol. The quantitative estimate of drug-likeness (QED) is 0.894. The molecule has 130 valence electrons. The van der Waals surface area contributed by atoms with Crippen LogP contribution >= 0.6 is 0 Å². The van der Waals surface area contributed by atoms with Crippen molar-refractivity contribution in [3.63, 3.8) is 0 Å². The predicted molar refractivity (Wildman–Crippen MR) is 86.9 cm³/mol. The summed E-state index contributed by atoms with van der Waals surface area (Å²) in [7, 11) is 0. The van der Waals surface area contributed by atoms with Crippen LogP contribution in [0.5, 0.6) is 11.5 Å². The Balaban J connectivity index is 1.49. The van der Waals surface area contributed by atoms with Crippen molar-refractivity contribution in [2.24, 2.45) is 0 Å². The van der Waals surface area contributed by atoms with E-state index in [4.69, 9.17) is 9.47 Å². The molecule has 0 atom stereocenters. The number of nitrogens with one attached hydrogen (secondary N) is 2. The summed E-state index contributed by atoms with van der Waals surface area (Å²) >= 11 is 0. The Labute approximate surface area is 142 Å². The van der Waals surface area contributed by atoms with E-state index in [2.05, 4.69) is 10.6 Å². The third-order valence-electron chi connectivity index (χ3n) is 4.38. The van der Waals surface area contributed by atoms with E-state index < -0.39 is 23.2 Å². The largest absolute Gasteiger partial charge is 0.486 e. The van der Waals surface area contributed by atoms with Crippen LogP contribution in [-0.2, 0) is 5.54 Å². The fourth-order valence-electron chi connectivity index (χ4n) is 2.91. The molecule has 7 heteroatoms. The average Bonchev–Trinajstić information content (AvgIpc) is 3.37. The van der Waals surface area contributed by atoms with E-state index in [1.807, 2.05) is 18.2 Å². The standard InChI is InChI=1S/C18H16F2N2O3/c19-12-2-3-14(13(20)10-12)21-17(23)22-18(5-6-18)11-1-4-15-16(9-11)25-8-7-24-15/h1-4,9-10H,5-8H2,(H2,21,22,23).